The molecule has 1 N–H and O–H groups in total. The summed E-state index contributed by atoms with van der Waals surface area (Å²) in [5, 5.41) is 3.28. The van der Waals surface area contributed by atoms with Crippen LogP contribution in [0.25, 0.3) is 16.6 Å². The Bertz CT molecular complexity index is 1200. The first kappa shape index (κ1) is 18.3. The van der Waals surface area contributed by atoms with Crippen LogP contribution in [0.5, 0.6) is 0 Å². The van der Waals surface area contributed by atoms with E-state index in [0.29, 0.717) is 22.0 Å². The Morgan fingerprint density at radius 3 is 2.36 bits per heavy atom. The molecule has 0 bridgehead atoms. The third-order valence-corrected chi connectivity index (χ3v) is 4.91. The molecule has 0 radical (unpaired) electrons. The van der Waals surface area contributed by atoms with Gasteiger partial charge in [-0.25, -0.2) is 0 Å². The van der Waals surface area contributed by atoms with Crippen LogP contribution in [0.15, 0.2) is 79.0 Å². The van der Waals surface area contributed by atoms with Crippen molar-refractivity contribution in [3.8, 4) is 11.1 Å². The molecule has 0 aliphatic heterocycles. The van der Waals surface area contributed by atoms with E-state index in [2.05, 4.69) is 5.32 Å². The molecule has 0 aliphatic carbocycles. The Balaban J connectivity index is 1.77. The fourth-order valence-corrected chi connectivity index (χ4v) is 3.53. The predicted octanol–water partition coefficient (Wildman–Crippen LogP) is 5.73. The van der Waals surface area contributed by atoms with Crippen molar-refractivity contribution in [2.45, 2.75) is 0 Å². The van der Waals surface area contributed by atoms with Crippen molar-refractivity contribution in [3.63, 3.8) is 0 Å². The zero-order valence-corrected chi connectivity index (χ0v) is 16.0. The van der Waals surface area contributed by atoms with Gasteiger partial charge in [-0.2, -0.15) is 0 Å². The first-order chi connectivity index (χ1) is 13.5. The lowest BCUT2D eigenvalue weighted by molar-refractivity contribution is -0.112. The fraction of sp³-hybridized carbons (Fsp3) is 0. The topological polar surface area (TPSA) is 50.6 Å². The maximum absolute atomic E-state index is 13.1. The molecule has 0 atom stereocenters. The number of Topliss-reactive ketones (excluding diaryl/α,β-unsaturated/α-hetero) is 1. The maximum Gasteiger partial charge on any atom is 0.298 e. The summed E-state index contributed by atoms with van der Waals surface area (Å²) in [5.74, 6) is -1.43. The summed E-state index contributed by atoms with van der Waals surface area (Å²) in [5.41, 5.74) is 2.99. The number of hydrogen-bond acceptors (Lipinski definition) is 2. The van der Waals surface area contributed by atoms with Gasteiger partial charge in [0.1, 0.15) is 5.69 Å². The van der Waals surface area contributed by atoms with Gasteiger partial charge in [0.25, 0.3) is 11.7 Å². The van der Waals surface area contributed by atoms with Crippen LogP contribution in [-0.4, -0.2) is 16.1 Å². The highest BCUT2D eigenvalue weighted by Crippen LogP contribution is 2.29. The fourth-order valence-electron chi connectivity index (χ4n) is 3.07. The van der Waals surface area contributed by atoms with Crippen LogP contribution in [0.2, 0.25) is 10.0 Å². The van der Waals surface area contributed by atoms with Crippen molar-refractivity contribution in [1.29, 1.82) is 0 Å². The highest BCUT2D eigenvalue weighted by molar-refractivity contribution is 6.48. The van der Waals surface area contributed by atoms with Gasteiger partial charge in [-0.1, -0.05) is 59.6 Å². The van der Waals surface area contributed by atoms with Crippen LogP contribution in [0.3, 0.4) is 0 Å². The largest absolute Gasteiger partial charge is 0.318 e. The van der Waals surface area contributed by atoms with Crippen LogP contribution < -0.4 is 5.32 Å². The summed E-state index contributed by atoms with van der Waals surface area (Å²) < 4.78 is 1.72. The Morgan fingerprint density at radius 1 is 0.857 bits per heavy atom. The first-order valence-corrected chi connectivity index (χ1v) is 9.26. The van der Waals surface area contributed by atoms with Gasteiger partial charge in [-0.05, 0) is 42.0 Å². The van der Waals surface area contributed by atoms with E-state index in [4.69, 9.17) is 23.2 Å². The number of ketones is 1. The van der Waals surface area contributed by atoms with Gasteiger partial charge < -0.3 is 9.72 Å². The Labute approximate surface area is 171 Å². The summed E-state index contributed by atoms with van der Waals surface area (Å²) in [6.45, 7) is 0. The summed E-state index contributed by atoms with van der Waals surface area (Å²) in [4.78, 5) is 25.8. The molecule has 0 aliphatic rings. The van der Waals surface area contributed by atoms with Crippen molar-refractivity contribution < 1.29 is 9.59 Å². The average molecular weight is 409 g/mol. The van der Waals surface area contributed by atoms with Crippen LogP contribution in [0.4, 0.5) is 5.69 Å². The predicted molar refractivity (Wildman–Crippen MR) is 112 cm³/mol. The van der Waals surface area contributed by atoms with Crippen molar-refractivity contribution in [2.24, 2.45) is 0 Å². The van der Waals surface area contributed by atoms with E-state index in [1.54, 1.807) is 22.7 Å². The van der Waals surface area contributed by atoms with Crippen molar-refractivity contribution in [2.75, 3.05) is 5.32 Å². The quantitative estimate of drug-likeness (QED) is 0.346. The molecule has 0 saturated heterocycles. The number of benzene rings is 2. The number of amides is 1. The second kappa shape index (κ2) is 7.50. The lowest BCUT2D eigenvalue weighted by Gasteiger charge is -2.09. The number of anilines is 1. The molecular formula is C22H14Cl2N2O2. The number of fused-ring (bicyclic) bond motifs is 1. The zero-order chi connectivity index (χ0) is 19.7. The lowest BCUT2D eigenvalue weighted by Crippen LogP contribution is -2.24. The van der Waals surface area contributed by atoms with Crippen molar-refractivity contribution in [3.05, 3.63) is 94.7 Å². The first-order valence-electron chi connectivity index (χ1n) is 8.51. The van der Waals surface area contributed by atoms with Gasteiger partial charge in [0, 0.05) is 22.3 Å². The van der Waals surface area contributed by atoms with Crippen molar-refractivity contribution >= 4 is 46.1 Å². The van der Waals surface area contributed by atoms with Crippen LogP contribution in [0.1, 0.15) is 10.5 Å². The molecule has 4 rings (SSSR count). The number of aromatic nitrogens is 1. The Hall–Kier alpha value is -3.08. The second-order valence-electron chi connectivity index (χ2n) is 6.18. The number of rotatable bonds is 4. The van der Waals surface area contributed by atoms with Crippen LogP contribution in [-0.2, 0) is 4.79 Å². The normalized spacial score (nSPS) is 10.8. The molecule has 1 amide bonds. The number of nitrogens with one attached hydrogen (secondary N) is 1. The third-order valence-electron chi connectivity index (χ3n) is 4.37. The number of halogens is 2. The maximum atomic E-state index is 13.1. The molecule has 0 unspecified atom stereocenters. The number of pyridine rings is 1. The lowest BCUT2D eigenvalue weighted by atomic mass is 10.0. The molecule has 2 heterocycles. The second-order valence-corrected chi connectivity index (χ2v) is 7.02. The monoisotopic (exact) mass is 408 g/mol. The summed E-state index contributed by atoms with van der Waals surface area (Å²) in [7, 11) is 0. The van der Waals surface area contributed by atoms with E-state index in [-0.39, 0.29) is 5.02 Å². The van der Waals surface area contributed by atoms with E-state index < -0.39 is 11.7 Å². The highest BCUT2D eigenvalue weighted by atomic mass is 35.5. The van der Waals surface area contributed by atoms with Gasteiger partial charge in [0.2, 0.25) is 0 Å². The minimum absolute atomic E-state index is 0.261. The molecule has 4 nitrogen and oxygen atoms in total. The minimum atomic E-state index is -0.773. The third kappa shape index (κ3) is 3.40. The van der Waals surface area contributed by atoms with Crippen LogP contribution in [0, 0.1) is 0 Å². The minimum Gasteiger partial charge on any atom is -0.318 e. The van der Waals surface area contributed by atoms with Crippen LogP contribution >= 0.6 is 23.2 Å². The number of carbonyl (C=O) groups excluding carboxylic acids is 2. The zero-order valence-electron chi connectivity index (χ0n) is 14.5. The van der Waals surface area contributed by atoms with Gasteiger partial charge in [-0.3, -0.25) is 9.59 Å². The van der Waals surface area contributed by atoms with E-state index in [1.165, 1.54) is 6.07 Å². The van der Waals surface area contributed by atoms with Gasteiger partial charge >= 0.3 is 0 Å². The van der Waals surface area contributed by atoms with Gasteiger partial charge in [0.15, 0.2) is 0 Å². The van der Waals surface area contributed by atoms with Crippen molar-refractivity contribution in [1.82, 2.24) is 4.40 Å². The highest BCUT2D eigenvalue weighted by Gasteiger charge is 2.25. The molecule has 0 fully saturated rings. The Kier molecular flexibility index (Phi) is 4.90. The molecule has 4 aromatic rings. The molecule has 2 aromatic carbocycles. The molecule has 0 spiro atoms. The molecule has 2 aromatic heterocycles. The van der Waals surface area contributed by atoms with E-state index in [9.17, 15) is 9.59 Å². The summed E-state index contributed by atoms with van der Waals surface area (Å²) in [6.07, 6.45) is 1.76. The molecule has 0 saturated carbocycles. The molecule has 28 heavy (non-hydrogen) atoms. The van der Waals surface area contributed by atoms with Gasteiger partial charge in [0.05, 0.1) is 10.7 Å². The number of hydrogen-bond donors (Lipinski definition) is 1. The van der Waals surface area contributed by atoms with Gasteiger partial charge in [-0.15, -0.1) is 0 Å². The molecule has 6 heteroatoms. The smallest absolute Gasteiger partial charge is 0.298 e. The summed E-state index contributed by atoms with van der Waals surface area (Å²) in [6, 6.07) is 21.6. The standard InChI is InChI=1S/C22H14Cl2N2O2/c23-15-9-10-19(18(24)12-15)25-22(28)21(27)20-17(14-6-2-1-3-7-14)13-16-8-4-5-11-26(16)20/h1-13H,(H,25,28). The average Bonchev–Trinajstić information content (AvgIpc) is 3.09. The molecule has 138 valence electrons. The Morgan fingerprint density at radius 2 is 1.61 bits per heavy atom. The number of carbonyl (C=O) groups is 2. The SMILES string of the molecule is O=C(Nc1ccc(Cl)cc1Cl)C(=O)c1c(-c2ccccc2)cc2ccccn12. The van der Waals surface area contributed by atoms with E-state index in [1.807, 2.05) is 54.6 Å². The number of nitrogens with zero attached hydrogens (tertiary/aromatic N) is 1. The van der Waals surface area contributed by atoms with E-state index >= 15 is 0 Å². The summed E-state index contributed by atoms with van der Waals surface area (Å²) >= 11 is 12.0. The van der Waals surface area contributed by atoms with E-state index in [0.717, 1.165) is 11.1 Å². The molecular weight excluding hydrogens is 395 g/mol.